The van der Waals surface area contributed by atoms with E-state index >= 15 is 0 Å². The summed E-state index contributed by atoms with van der Waals surface area (Å²) in [4.78, 5) is 22.5. The highest BCUT2D eigenvalue weighted by molar-refractivity contribution is 6.31. The van der Waals surface area contributed by atoms with Gasteiger partial charge in [-0.25, -0.2) is 4.79 Å². The van der Waals surface area contributed by atoms with Crippen LogP contribution in [0.15, 0.2) is 36.5 Å². The van der Waals surface area contributed by atoms with Gasteiger partial charge in [-0.3, -0.25) is 4.79 Å². The van der Waals surface area contributed by atoms with Crippen molar-refractivity contribution in [2.75, 3.05) is 0 Å². The number of hydrogen-bond donors (Lipinski definition) is 1. The van der Waals surface area contributed by atoms with Crippen LogP contribution < -0.4 is 0 Å². The van der Waals surface area contributed by atoms with Crippen LogP contribution in [0.5, 0.6) is 0 Å². The molecule has 0 unspecified atom stereocenters. The molecular formula is C14H12ClNO3. The number of carbonyl (C=O) groups is 2. The van der Waals surface area contributed by atoms with Crippen molar-refractivity contribution < 1.29 is 14.7 Å². The molecule has 0 amide bonds. The quantitative estimate of drug-likeness (QED) is 0.874. The highest BCUT2D eigenvalue weighted by atomic mass is 35.5. The molecular weight excluding hydrogens is 266 g/mol. The SMILES string of the molecule is CC(=O)c1cc(C(=O)O)n(Cc2ccccc2Cl)c1. The van der Waals surface area contributed by atoms with Crippen LogP contribution in [0.25, 0.3) is 0 Å². The molecule has 0 aliphatic heterocycles. The van der Waals surface area contributed by atoms with E-state index in [2.05, 4.69) is 0 Å². The standard InChI is InChI=1S/C14H12ClNO3/c1-9(17)11-6-13(14(18)19)16(8-11)7-10-4-2-3-5-12(10)15/h2-6,8H,7H2,1H3,(H,18,19). The minimum absolute atomic E-state index is 0.0742. The highest BCUT2D eigenvalue weighted by Gasteiger charge is 2.15. The van der Waals surface area contributed by atoms with E-state index in [-0.39, 0.29) is 11.5 Å². The summed E-state index contributed by atoms with van der Waals surface area (Å²) in [6, 6.07) is 8.58. The Morgan fingerprint density at radius 3 is 2.58 bits per heavy atom. The van der Waals surface area contributed by atoms with Crippen LogP contribution >= 0.6 is 11.6 Å². The molecule has 98 valence electrons. The first-order chi connectivity index (χ1) is 8.99. The van der Waals surface area contributed by atoms with Gasteiger partial charge in [0, 0.05) is 23.3 Å². The second kappa shape index (κ2) is 5.28. The topological polar surface area (TPSA) is 59.3 Å². The van der Waals surface area contributed by atoms with Crippen molar-refractivity contribution >= 4 is 23.4 Å². The minimum atomic E-state index is -1.07. The fourth-order valence-corrected chi connectivity index (χ4v) is 2.02. The lowest BCUT2D eigenvalue weighted by Gasteiger charge is -2.07. The zero-order valence-corrected chi connectivity index (χ0v) is 11.0. The van der Waals surface area contributed by atoms with Crippen LogP contribution in [0, 0.1) is 0 Å². The van der Waals surface area contributed by atoms with Crippen molar-refractivity contribution in [1.29, 1.82) is 0 Å². The Bertz CT molecular complexity index is 646. The molecule has 0 saturated heterocycles. The molecule has 1 aromatic carbocycles. The molecule has 2 aromatic rings. The van der Waals surface area contributed by atoms with Gasteiger partial charge in [-0.15, -0.1) is 0 Å². The van der Waals surface area contributed by atoms with Crippen LogP contribution in [0.4, 0.5) is 0 Å². The lowest BCUT2D eigenvalue weighted by atomic mass is 10.2. The average molecular weight is 278 g/mol. The van der Waals surface area contributed by atoms with Crippen molar-refractivity contribution in [2.45, 2.75) is 13.5 Å². The number of nitrogens with zero attached hydrogens (tertiary/aromatic N) is 1. The van der Waals surface area contributed by atoms with Crippen LogP contribution in [-0.4, -0.2) is 21.4 Å². The van der Waals surface area contributed by atoms with Crippen LogP contribution in [0.3, 0.4) is 0 Å². The van der Waals surface area contributed by atoms with Gasteiger partial charge in [0.1, 0.15) is 5.69 Å². The molecule has 1 heterocycles. The Balaban J connectivity index is 2.42. The number of Topliss-reactive ketones (excluding diaryl/α,β-unsaturated/α-hetero) is 1. The number of carboxylic acid groups (broad SMARTS) is 1. The van der Waals surface area contributed by atoms with E-state index in [1.54, 1.807) is 12.1 Å². The van der Waals surface area contributed by atoms with Crippen LogP contribution in [0.1, 0.15) is 33.3 Å². The second-order valence-corrected chi connectivity index (χ2v) is 4.60. The third-order valence-electron chi connectivity index (χ3n) is 2.82. The molecule has 0 atom stereocenters. The number of hydrogen-bond acceptors (Lipinski definition) is 2. The molecule has 0 aliphatic carbocycles. The summed E-state index contributed by atoms with van der Waals surface area (Å²) in [5, 5.41) is 9.71. The molecule has 0 bridgehead atoms. The zero-order valence-electron chi connectivity index (χ0n) is 10.3. The van der Waals surface area contributed by atoms with Gasteiger partial charge in [-0.1, -0.05) is 29.8 Å². The first-order valence-electron chi connectivity index (χ1n) is 5.67. The van der Waals surface area contributed by atoms with Crippen molar-refractivity contribution in [2.24, 2.45) is 0 Å². The van der Waals surface area contributed by atoms with Gasteiger partial charge in [-0.05, 0) is 24.6 Å². The van der Waals surface area contributed by atoms with Crippen molar-refractivity contribution in [3.63, 3.8) is 0 Å². The van der Waals surface area contributed by atoms with Gasteiger partial charge in [-0.2, -0.15) is 0 Å². The summed E-state index contributed by atoms with van der Waals surface area (Å²) in [5.74, 6) is -1.24. The van der Waals surface area contributed by atoms with Crippen molar-refractivity contribution in [1.82, 2.24) is 4.57 Å². The molecule has 4 nitrogen and oxygen atoms in total. The summed E-state index contributed by atoms with van der Waals surface area (Å²) in [5.41, 5.74) is 1.26. The number of carboxylic acids is 1. The lowest BCUT2D eigenvalue weighted by Crippen LogP contribution is -2.08. The normalized spacial score (nSPS) is 10.4. The van der Waals surface area contributed by atoms with E-state index < -0.39 is 5.97 Å². The average Bonchev–Trinajstić information content (AvgIpc) is 2.76. The Hall–Kier alpha value is -2.07. The number of halogens is 1. The largest absolute Gasteiger partial charge is 0.477 e. The van der Waals surface area contributed by atoms with E-state index in [1.807, 2.05) is 12.1 Å². The third-order valence-corrected chi connectivity index (χ3v) is 3.19. The molecule has 1 aromatic heterocycles. The molecule has 0 saturated carbocycles. The summed E-state index contributed by atoms with van der Waals surface area (Å²) in [6.07, 6.45) is 1.54. The predicted molar refractivity (Wildman–Crippen MR) is 71.9 cm³/mol. The van der Waals surface area contributed by atoms with Crippen molar-refractivity contribution in [3.8, 4) is 0 Å². The summed E-state index contributed by atoms with van der Waals surface area (Å²) in [7, 11) is 0. The van der Waals surface area contributed by atoms with Gasteiger partial charge >= 0.3 is 5.97 Å². The van der Waals surface area contributed by atoms with Gasteiger partial charge in [0.05, 0.1) is 0 Å². The Morgan fingerprint density at radius 1 is 1.32 bits per heavy atom. The molecule has 2 rings (SSSR count). The molecule has 0 radical (unpaired) electrons. The van der Waals surface area contributed by atoms with Crippen molar-refractivity contribution in [3.05, 3.63) is 58.4 Å². The first kappa shape index (κ1) is 13.4. The van der Waals surface area contributed by atoms with Gasteiger partial charge < -0.3 is 9.67 Å². The first-order valence-corrected chi connectivity index (χ1v) is 6.04. The maximum atomic E-state index is 11.3. The fourth-order valence-electron chi connectivity index (χ4n) is 1.82. The monoisotopic (exact) mass is 277 g/mol. The molecule has 0 aliphatic rings. The van der Waals surface area contributed by atoms with E-state index in [1.165, 1.54) is 23.8 Å². The minimum Gasteiger partial charge on any atom is -0.477 e. The van der Waals surface area contributed by atoms with E-state index in [0.717, 1.165) is 5.56 Å². The van der Waals surface area contributed by atoms with Gasteiger partial charge in [0.25, 0.3) is 0 Å². The number of benzene rings is 1. The molecule has 1 N–H and O–H groups in total. The molecule has 5 heteroatoms. The molecule has 0 fully saturated rings. The fraction of sp³-hybridized carbons (Fsp3) is 0.143. The van der Waals surface area contributed by atoms with E-state index in [4.69, 9.17) is 16.7 Å². The molecule has 0 spiro atoms. The number of aromatic carboxylic acids is 1. The second-order valence-electron chi connectivity index (χ2n) is 4.19. The van der Waals surface area contributed by atoms with E-state index in [0.29, 0.717) is 17.1 Å². The number of rotatable bonds is 4. The summed E-state index contributed by atoms with van der Waals surface area (Å²) < 4.78 is 1.51. The highest BCUT2D eigenvalue weighted by Crippen LogP contribution is 2.19. The molecule has 19 heavy (non-hydrogen) atoms. The zero-order chi connectivity index (χ0) is 14.0. The number of aromatic nitrogens is 1. The Labute approximate surface area is 115 Å². The van der Waals surface area contributed by atoms with Crippen LogP contribution in [-0.2, 0) is 6.54 Å². The predicted octanol–water partition coefficient (Wildman–Crippen LogP) is 3.09. The number of carbonyl (C=O) groups excluding carboxylic acids is 1. The van der Waals surface area contributed by atoms with Crippen LogP contribution in [0.2, 0.25) is 5.02 Å². The maximum absolute atomic E-state index is 11.3. The number of ketones is 1. The summed E-state index contributed by atoms with van der Waals surface area (Å²) in [6.45, 7) is 1.72. The Kier molecular flexibility index (Phi) is 3.71. The van der Waals surface area contributed by atoms with Gasteiger partial charge in [0.15, 0.2) is 5.78 Å². The Morgan fingerprint density at radius 2 is 2.00 bits per heavy atom. The smallest absolute Gasteiger partial charge is 0.352 e. The van der Waals surface area contributed by atoms with E-state index in [9.17, 15) is 9.59 Å². The maximum Gasteiger partial charge on any atom is 0.352 e. The van der Waals surface area contributed by atoms with Gasteiger partial charge in [0.2, 0.25) is 0 Å². The lowest BCUT2D eigenvalue weighted by molar-refractivity contribution is 0.0685. The third kappa shape index (κ3) is 2.85. The summed E-state index contributed by atoms with van der Waals surface area (Å²) >= 11 is 6.05.